The summed E-state index contributed by atoms with van der Waals surface area (Å²) in [6.07, 6.45) is 5.26. The van der Waals surface area contributed by atoms with E-state index in [0.29, 0.717) is 5.71 Å². The summed E-state index contributed by atoms with van der Waals surface area (Å²) in [6.45, 7) is 0. The van der Waals surface area contributed by atoms with Gasteiger partial charge < -0.3 is 9.83 Å². The molecule has 44 heavy (non-hydrogen) atoms. The van der Waals surface area contributed by atoms with Gasteiger partial charge in [-0.15, -0.1) is 0 Å². The molecule has 0 atom stereocenters. The summed E-state index contributed by atoms with van der Waals surface area (Å²) in [5.41, 5.74) is 11.2. The highest BCUT2D eigenvalue weighted by Crippen LogP contribution is 2.43. The van der Waals surface area contributed by atoms with Crippen molar-refractivity contribution in [3.63, 3.8) is 0 Å². The highest BCUT2D eigenvalue weighted by atomic mass is 16.3. The Hall–Kier alpha value is -5.87. The van der Waals surface area contributed by atoms with Gasteiger partial charge in [0, 0.05) is 12.6 Å². The van der Waals surface area contributed by atoms with Gasteiger partial charge in [0.05, 0.1) is 11.4 Å². The van der Waals surface area contributed by atoms with E-state index in [1.165, 1.54) is 6.39 Å². The van der Waals surface area contributed by atoms with Crippen LogP contribution in [-0.2, 0) is 0 Å². The third-order valence-electron chi connectivity index (χ3n) is 7.99. The number of nitrogens with zero attached hydrogens (tertiary/aromatic N) is 2. The fourth-order valence-electron chi connectivity index (χ4n) is 5.88. The number of hydrogen-bond acceptors (Lipinski definition) is 4. The lowest BCUT2D eigenvalue weighted by Gasteiger charge is -2.19. The average molecular weight is 568 g/mol. The maximum Gasteiger partial charge on any atom is 0.181 e. The van der Waals surface area contributed by atoms with E-state index in [0.717, 1.165) is 72.1 Å². The lowest BCUT2D eigenvalue weighted by Crippen LogP contribution is -2.02. The van der Waals surface area contributed by atoms with Gasteiger partial charge in [0.2, 0.25) is 0 Å². The molecule has 0 radical (unpaired) electrons. The molecule has 0 amide bonds. The largest absolute Gasteiger partial charge is 0.443 e. The van der Waals surface area contributed by atoms with E-state index in [4.69, 9.17) is 4.42 Å². The summed E-state index contributed by atoms with van der Waals surface area (Å²) in [4.78, 5) is 8.87. The van der Waals surface area contributed by atoms with Crippen LogP contribution >= 0.6 is 0 Å². The number of aliphatic imine (C=N–C) groups is 1. The first-order chi connectivity index (χ1) is 21.7. The van der Waals surface area contributed by atoms with Gasteiger partial charge in [0.1, 0.15) is 5.52 Å². The van der Waals surface area contributed by atoms with Gasteiger partial charge in [-0.2, -0.15) is 0 Å². The van der Waals surface area contributed by atoms with E-state index in [1.807, 2.05) is 60.7 Å². The van der Waals surface area contributed by atoms with Crippen molar-refractivity contribution in [3.05, 3.63) is 163 Å². The average Bonchev–Trinajstić information content (AvgIpc) is 3.57. The van der Waals surface area contributed by atoms with E-state index in [-0.39, 0.29) is 0 Å². The third kappa shape index (κ3) is 5.03. The van der Waals surface area contributed by atoms with Crippen molar-refractivity contribution in [1.29, 1.82) is 5.41 Å². The van der Waals surface area contributed by atoms with Crippen molar-refractivity contribution < 1.29 is 4.42 Å². The number of aromatic nitrogens is 1. The Bertz CT molecular complexity index is 2210. The van der Waals surface area contributed by atoms with Crippen LogP contribution < -0.4 is 0 Å². The van der Waals surface area contributed by atoms with Crippen LogP contribution in [0.1, 0.15) is 11.1 Å². The zero-order valence-corrected chi connectivity index (χ0v) is 24.2. The normalized spacial score (nSPS) is 11.9. The summed E-state index contributed by atoms with van der Waals surface area (Å²) >= 11 is 0. The minimum absolute atomic E-state index is 0.418. The number of rotatable bonds is 7. The SMILES string of the molecule is C/N=C(\C=C/C(=N)c1ccccc1-c1c(-c2ccccc2-c2ccc3ocnc3c2)ccc2ccccc12)c1ccccc1. The van der Waals surface area contributed by atoms with Gasteiger partial charge in [-0.3, -0.25) is 4.99 Å². The molecule has 4 nitrogen and oxygen atoms in total. The molecule has 0 aliphatic heterocycles. The smallest absolute Gasteiger partial charge is 0.181 e. The maximum atomic E-state index is 9.21. The van der Waals surface area contributed by atoms with Crippen LogP contribution in [0.4, 0.5) is 0 Å². The molecule has 4 heteroatoms. The van der Waals surface area contributed by atoms with Gasteiger partial charge in [0.15, 0.2) is 12.0 Å². The molecule has 7 aromatic rings. The lowest BCUT2D eigenvalue weighted by atomic mass is 9.84. The summed E-state index contributed by atoms with van der Waals surface area (Å²) < 4.78 is 5.51. The number of fused-ring (bicyclic) bond motifs is 2. The van der Waals surface area contributed by atoms with Crippen LogP contribution in [0.3, 0.4) is 0 Å². The molecule has 1 heterocycles. The maximum absolute atomic E-state index is 9.21. The topological polar surface area (TPSA) is 62.2 Å². The highest BCUT2D eigenvalue weighted by molar-refractivity contribution is 6.18. The molecule has 0 spiro atoms. The molecule has 1 N–H and O–H groups in total. The van der Waals surface area contributed by atoms with Crippen LogP contribution in [0.25, 0.3) is 55.3 Å². The molecule has 210 valence electrons. The van der Waals surface area contributed by atoms with E-state index < -0.39 is 0 Å². The molecule has 7 rings (SSSR count). The minimum atomic E-state index is 0.418. The molecule has 0 saturated carbocycles. The zero-order valence-electron chi connectivity index (χ0n) is 24.2. The predicted molar refractivity (Wildman–Crippen MR) is 183 cm³/mol. The summed E-state index contributed by atoms with van der Waals surface area (Å²) in [5, 5.41) is 11.5. The Morgan fingerprint density at radius 2 is 1.41 bits per heavy atom. The monoisotopic (exact) mass is 567 g/mol. The summed E-state index contributed by atoms with van der Waals surface area (Å²) in [6, 6.07) is 45.7. The molecule has 0 bridgehead atoms. The van der Waals surface area contributed by atoms with Crippen molar-refractivity contribution >= 4 is 33.3 Å². The van der Waals surface area contributed by atoms with E-state index in [9.17, 15) is 5.41 Å². The lowest BCUT2D eigenvalue weighted by molar-refractivity contribution is 0.602. The van der Waals surface area contributed by atoms with Crippen LogP contribution in [0.5, 0.6) is 0 Å². The standard InChI is InChI=1S/C40H29N3O/c1-42-37(28-12-3-2-4-13-28)23-22-36(41)33-17-9-10-18-34(33)40-31-15-6-5-11-27(31)19-21-35(40)32-16-8-7-14-30(32)29-20-24-39-38(25-29)43-26-44-39/h2-26,41H,1H3/b23-22-,41-36?,42-37+. The van der Waals surface area contributed by atoms with Crippen molar-refractivity contribution in [2.45, 2.75) is 0 Å². The Labute approximate surface area is 256 Å². The second kappa shape index (κ2) is 11.8. The van der Waals surface area contributed by atoms with Crippen molar-refractivity contribution in [2.75, 3.05) is 7.05 Å². The van der Waals surface area contributed by atoms with E-state index >= 15 is 0 Å². The fraction of sp³-hybridized carbons (Fsp3) is 0.0250. The number of nitrogens with one attached hydrogen (secondary N) is 1. The molecule has 1 aromatic heterocycles. The predicted octanol–water partition coefficient (Wildman–Crippen LogP) is 10.0. The summed E-state index contributed by atoms with van der Waals surface area (Å²) in [7, 11) is 1.78. The van der Waals surface area contributed by atoms with Crippen LogP contribution in [0.2, 0.25) is 0 Å². The molecule has 0 fully saturated rings. The highest BCUT2D eigenvalue weighted by Gasteiger charge is 2.19. The van der Waals surface area contributed by atoms with Crippen LogP contribution in [0, 0.1) is 5.41 Å². The quantitative estimate of drug-likeness (QED) is 0.195. The van der Waals surface area contributed by atoms with Crippen LogP contribution in [-0.4, -0.2) is 23.5 Å². The second-order valence-corrected chi connectivity index (χ2v) is 10.6. The van der Waals surface area contributed by atoms with Gasteiger partial charge in [-0.25, -0.2) is 4.98 Å². The molecule has 0 unspecified atom stereocenters. The van der Waals surface area contributed by atoms with Gasteiger partial charge in [0.25, 0.3) is 0 Å². The number of hydrogen-bond donors (Lipinski definition) is 1. The van der Waals surface area contributed by atoms with Crippen molar-refractivity contribution in [2.24, 2.45) is 4.99 Å². The molecule has 0 saturated heterocycles. The van der Waals surface area contributed by atoms with E-state index in [1.54, 1.807) is 7.05 Å². The number of benzene rings is 6. The molecular formula is C40H29N3O. The fourth-order valence-corrected chi connectivity index (χ4v) is 5.88. The Morgan fingerprint density at radius 1 is 0.682 bits per heavy atom. The number of oxazole rings is 1. The van der Waals surface area contributed by atoms with E-state index in [2.05, 4.69) is 94.9 Å². The Morgan fingerprint density at radius 3 is 2.25 bits per heavy atom. The first-order valence-corrected chi connectivity index (χ1v) is 14.5. The Kier molecular flexibility index (Phi) is 7.23. The first-order valence-electron chi connectivity index (χ1n) is 14.5. The van der Waals surface area contributed by atoms with Crippen LogP contribution in [0.15, 0.2) is 161 Å². The van der Waals surface area contributed by atoms with Crippen molar-refractivity contribution in [3.8, 4) is 33.4 Å². The van der Waals surface area contributed by atoms with Gasteiger partial charge in [-0.05, 0) is 74.0 Å². The first kappa shape index (κ1) is 27.0. The molecule has 0 aliphatic rings. The minimum Gasteiger partial charge on any atom is -0.443 e. The Balaban J connectivity index is 1.40. The molecule has 6 aromatic carbocycles. The number of allylic oxidation sites excluding steroid dienone is 2. The molecular weight excluding hydrogens is 538 g/mol. The molecule has 0 aliphatic carbocycles. The van der Waals surface area contributed by atoms with Gasteiger partial charge >= 0.3 is 0 Å². The summed E-state index contributed by atoms with van der Waals surface area (Å²) in [5.74, 6) is 0. The third-order valence-corrected chi connectivity index (χ3v) is 7.99. The second-order valence-electron chi connectivity index (χ2n) is 10.6. The van der Waals surface area contributed by atoms with Crippen molar-refractivity contribution in [1.82, 2.24) is 4.98 Å². The zero-order chi connectivity index (χ0) is 29.9. The van der Waals surface area contributed by atoms with Gasteiger partial charge in [-0.1, -0.05) is 121 Å².